The Bertz CT molecular complexity index is 811. The van der Waals surface area contributed by atoms with Gasteiger partial charge in [0.1, 0.15) is 0 Å². The largest absolute Gasteiger partial charge is 0.338 e. The van der Waals surface area contributed by atoms with Crippen molar-refractivity contribution in [3.63, 3.8) is 0 Å². The number of nitrogens with one attached hydrogen (secondary N) is 2. The second-order valence-corrected chi connectivity index (χ2v) is 9.84. The fraction of sp³-hybridized carbons (Fsp3) is 0.632. The van der Waals surface area contributed by atoms with Crippen LogP contribution in [0.4, 0.5) is 0 Å². The van der Waals surface area contributed by atoms with Gasteiger partial charge in [-0.3, -0.25) is 4.79 Å². The lowest BCUT2D eigenvalue weighted by Crippen LogP contribution is -2.47. The van der Waals surface area contributed by atoms with Crippen molar-refractivity contribution in [1.82, 2.24) is 14.9 Å². The molecule has 142 valence electrons. The zero-order chi connectivity index (χ0) is 18.4. The van der Waals surface area contributed by atoms with Crippen molar-refractivity contribution in [2.45, 2.75) is 50.0 Å². The minimum absolute atomic E-state index is 0.0445. The van der Waals surface area contributed by atoms with Crippen LogP contribution in [0.5, 0.6) is 0 Å². The molecule has 1 unspecified atom stereocenters. The average Bonchev–Trinajstić information content (AvgIpc) is 3.31. The second-order valence-electron chi connectivity index (χ2n) is 8.13. The predicted octanol–water partition coefficient (Wildman–Crippen LogP) is 1.65. The Labute approximate surface area is 155 Å². The lowest BCUT2D eigenvalue weighted by molar-refractivity contribution is 0.0552. The molecule has 26 heavy (non-hydrogen) atoms. The number of carbonyl (C=O) groups excluding carboxylic acids is 1. The third-order valence-electron chi connectivity index (χ3n) is 5.93. The maximum atomic E-state index is 13.2. The van der Waals surface area contributed by atoms with Crippen molar-refractivity contribution in [3.8, 4) is 0 Å². The molecule has 1 amide bonds. The molecule has 4 rings (SSSR count). The van der Waals surface area contributed by atoms with Crippen molar-refractivity contribution in [2.24, 2.45) is 5.41 Å². The van der Waals surface area contributed by atoms with Gasteiger partial charge in [0, 0.05) is 36.7 Å². The number of piperidine rings is 1. The van der Waals surface area contributed by atoms with Gasteiger partial charge in [-0.2, -0.15) is 0 Å². The summed E-state index contributed by atoms with van der Waals surface area (Å²) in [5, 5.41) is 3.42. The van der Waals surface area contributed by atoms with Gasteiger partial charge in [0.25, 0.3) is 5.91 Å². The third-order valence-corrected chi connectivity index (χ3v) is 7.45. The molecular weight excluding hydrogens is 350 g/mol. The summed E-state index contributed by atoms with van der Waals surface area (Å²) < 4.78 is 27.7. The lowest BCUT2D eigenvalue weighted by atomic mass is 9.79. The Morgan fingerprint density at radius 2 is 2.12 bits per heavy atom. The highest BCUT2D eigenvalue weighted by molar-refractivity contribution is 7.89. The van der Waals surface area contributed by atoms with Gasteiger partial charge in [-0.05, 0) is 63.3 Å². The maximum absolute atomic E-state index is 13.2. The monoisotopic (exact) mass is 377 g/mol. The molecule has 3 fully saturated rings. The summed E-state index contributed by atoms with van der Waals surface area (Å²) in [4.78, 5) is 15.3. The van der Waals surface area contributed by atoms with E-state index in [1.54, 1.807) is 18.2 Å². The minimum atomic E-state index is -3.55. The number of nitrogens with zero attached hydrogens (tertiary/aromatic N) is 1. The van der Waals surface area contributed by atoms with E-state index in [4.69, 9.17) is 0 Å². The number of sulfonamides is 1. The highest BCUT2D eigenvalue weighted by Gasteiger charge is 2.39. The van der Waals surface area contributed by atoms with Crippen molar-refractivity contribution in [1.29, 1.82) is 0 Å². The number of carbonyl (C=O) groups is 1. The van der Waals surface area contributed by atoms with Crippen LogP contribution < -0.4 is 10.0 Å². The van der Waals surface area contributed by atoms with E-state index in [9.17, 15) is 13.2 Å². The fourth-order valence-electron chi connectivity index (χ4n) is 4.18. The Hall–Kier alpha value is -1.44. The first-order chi connectivity index (χ1) is 12.4. The van der Waals surface area contributed by atoms with Crippen LogP contribution in [0.25, 0.3) is 0 Å². The minimum Gasteiger partial charge on any atom is -0.338 e. The molecule has 2 heterocycles. The average molecular weight is 378 g/mol. The molecule has 2 N–H and O–H groups in total. The fourth-order valence-corrected chi connectivity index (χ4v) is 5.51. The molecule has 0 radical (unpaired) electrons. The van der Waals surface area contributed by atoms with Gasteiger partial charge in [-0.25, -0.2) is 13.1 Å². The molecule has 1 aromatic rings. The number of rotatable bonds is 4. The summed E-state index contributed by atoms with van der Waals surface area (Å²) in [6.07, 6.45) is 5.05. The van der Waals surface area contributed by atoms with Gasteiger partial charge < -0.3 is 10.2 Å². The SMILES string of the molecule is Cc1ccc(S(=O)(=O)NC2CC2)cc1C(=O)N1CCCC2(CCNC2)C1. The van der Waals surface area contributed by atoms with E-state index in [1.165, 1.54) is 0 Å². The van der Waals surface area contributed by atoms with Gasteiger partial charge in [0.2, 0.25) is 10.0 Å². The van der Waals surface area contributed by atoms with E-state index >= 15 is 0 Å². The highest BCUT2D eigenvalue weighted by atomic mass is 32.2. The van der Waals surface area contributed by atoms with E-state index in [1.807, 2.05) is 11.8 Å². The number of hydrogen-bond acceptors (Lipinski definition) is 4. The molecule has 2 aliphatic heterocycles. The van der Waals surface area contributed by atoms with Crippen molar-refractivity contribution >= 4 is 15.9 Å². The Morgan fingerprint density at radius 3 is 2.81 bits per heavy atom. The van der Waals surface area contributed by atoms with E-state index in [2.05, 4.69) is 10.0 Å². The number of hydrogen-bond donors (Lipinski definition) is 2. The second kappa shape index (κ2) is 6.62. The van der Waals surface area contributed by atoms with Crippen LogP contribution in [-0.4, -0.2) is 51.4 Å². The van der Waals surface area contributed by atoms with Crippen LogP contribution in [0.1, 0.15) is 48.0 Å². The number of aryl methyl sites for hydroxylation is 1. The van der Waals surface area contributed by atoms with Crippen molar-refractivity contribution in [2.75, 3.05) is 26.2 Å². The summed E-state index contributed by atoms with van der Waals surface area (Å²) in [6.45, 7) is 5.36. The van der Waals surface area contributed by atoms with E-state index < -0.39 is 10.0 Å². The van der Waals surface area contributed by atoms with Crippen LogP contribution >= 0.6 is 0 Å². The molecule has 3 aliphatic rings. The molecule has 0 bridgehead atoms. The number of amides is 1. The number of likely N-dealkylation sites (tertiary alicyclic amines) is 1. The van der Waals surface area contributed by atoms with E-state index in [0.717, 1.165) is 63.8 Å². The predicted molar refractivity (Wildman–Crippen MR) is 99.6 cm³/mol. The van der Waals surface area contributed by atoms with Crippen LogP contribution in [0.3, 0.4) is 0 Å². The maximum Gasteiger partial charge on any atom is 0.254 e. The van der Waals surface area contributed by atoms with Crippen LogP contribution in [0.2, 0.25) is 0 Å². The smallest absolute Gasteiger partial charge is 0.254 e. The van der Waals surface area contributed by atoms with Gasteiger partial charge in [-0.15, -0.1) is 0 Å². The first kappa shape index (κ1) is 17.9. The van der Waals surface area contributed by atoms with Crippen LogP contribution in [0, 0.1) is 12.3 Å². The Morgan fingerprint density at radius 1 is 1.31 bits per heavy atom. The molecule has 0 aromatic heterocycles. The molecule has 1 atom stereocenters. The lowest BCUT2D eigenvalue weighted by Gasteiger charge is -2.40. The van der Waals surface area contributed by atoms with Gasteiger partial charge >= 0.3 is 0 Å². The molecule has 1 aromatic carbocycles. The molecular formula is C19H27N3O3S. The summed E-state index contributed by atoms with van der Waals surface area (Å²) in [7, 11) is -3.55. The van der Waals surface area contributed by atoms with Gasteiger partial charge in [0.15, 0.2) is 0 Å². The molecule has 6 nitrogen and oxygen atoms in total. The van der Waals surface area contributed by atoms with E-state index in [0.29, 0.717) is 5.56 Å². The zero-order valence-corrected chi connectivity index (χ0v) is 16.1. The van der Waals surface area contributed by atoms with Crippen molar-refractivity contribution < 1.29 is 13.2 Å². The van der Waals surface area contributed by atoms with E-state index in [-0.39, 0.29) is 22.3 Å². The van der Waals surface area contributed by atoms with Crippen molar-refractivity contribution in [3.05, 3.63) is 29.3 Å². The quantitative estimate of drug-likeness (QED) is 0.836. The topological polar surface area (TPSA) is 78.5 Å². The molecule has 1 saturated carbocycles. The van der Waals surface area contributed by atoms with Gasteiger partial charge in [-0.1, -0.05) is 6.07 Å². The standard InChI is InChI=1S/C19H27N3O3S/c1-14-3-6-16(26(24,25)21-15-4-5-15)11-17(14)18(23)22-10-2-7-19(13-22)8-9-20-12-19/h3,6,11,15,20-21H,2,4-5,7-10,12-13H2,1H3. The summed E-state index contributed by atoms with van der Waals surface area (Å²) in [5.41, 5.74) is 1.52. The Balaban J connectivity index is 1.58. The summed E-state index contributed by atoms with van der Waals surface area (Å²) in [5.74, 6) is -0.0445. The van der Waals surface area contributed by atoms with Crippen LogP contribution in [-0.2, 0) is 10.0 Å². The van der Waals surface area contributed by atoms with Crippen LogP contribution in [0.15, 0.2) is 23.1 Å². The highest BCUT2D eigenvalue weighted by Crippen LogP contribution is 2.36. The Kier molecular flexibility index (Phi) is 4.57. The van der Waals surface area contributed by atoms with Gasteiger partial charge in [0.05, 0.1) is 4.90 Å². The first-order valence-corrected chi connectivity index (χ1v) is 11.0. The first-order valence-electron chi connectivity index (χ1n) is 9.52. The molecule has 2 saturated heterocycles. The summed E-state index contributed by atoms with van der Waals surface area (Å²) in [6, 6.07) is 4.94. The zero-order valence-electron chi connectivity index (χ0n) is 15.3. The number of benzene rings is 1. The molecule has 1 spiro atoms. The summed E-state index contributed by atoms with van der Waals surface area (Å²) >= 11 is 0. The third kappa shape index (κ3) is 3.52. The molecule has 7 heteroatoms. The normalized spacial score (nSPS) is 26.4. The molecule has 1 aliphatic carbocycles.